The summed E-state index contributed by atoms with van der Waals surface area (Å²) in [5.41, 5.74) is 4.29. The molecule has 0 saturated carbocycles. The van der Waals surface area contributed by atoms with Crippen molar-refractivity contribution in [3.8, 4) is 11.3 Å². The minimum Gasteiger partial charge on any atom is -0.233 e. The quantitative estimate of drug-likeness (QED) is 0.687. The lowest BCUT2D eigenvalue weighted by Gasteiger charge is -2.03. The number of aromatic nitrogens is 1. The number of hydrogen-bond donors (Lipinski definition) is 0. The predicted molar refractivity (Wildman–Crippen MR) is 61.4 cm³/mol. The highest BCUT2D eigenvalue weighted by Crippen LogP contribution is 2.37. The summed E-state index contributed by atoms with van der Waals surface area (Å²) in [6, 6.07) is 3.49. The van der Waals surface area contributed by atoms with E-state index in [0.29, 0.717) is 15.1 Å². The lowest BCUT2D eigenvalue weighted by Crippen LogP contribution is -1.81. The van der Waals surface area contributed by atoms with Gasteiger partial charge in [-0.3, -0.25) is 0 Å². The number of benzene rings is 1. The second-order valence-electron chi connectivity index (χ2n) is 2.55. The lowest BCUT2D eigenvalue weighted by molar-refractivity contribution is 1.40. The van der Waals surface area contributed by atoms with Gasteiger partial charge < -0.3 is 0 Å². The van der Waals surface area contributed by atoms with Crippen LogP contribution >= 0.6 is 46.1 Å². The highest BCUT2D eigenvalue weighted by molar-refractivity contribution is 7.07. The summed E-state index contributed by atoms with van der Waals surface area (Å²) in [6.07, 6.45) is 0. The maximum atomic E-state index is 6.02. The van der Waals surface area contributed by atoms with E-state index in [-0.39, 0.29) is 0 Å². The van der Waals surface area contributed by atoms with Crippen LogP contribution in [-0.2, 0) is 0 Å². The maximum Gasteiger partial charge on any atom is 0.152 e. The molecule has 0 fully saturated rings. The van der Waals surface area contributed by atoms with Crippen LogP contribution in [0.3, 0.4) is 0 Å². The third kappa shape index (κ3) is 1.75. The van der Waals surface area contributed by atoms with Crippen molar-refractivity contribution < 1.29 is 0 Å². The first-order chi connectivity index (χ1) is 6.70. The van der Waals surface area contributed by atoms with Gasteiger partial charge in [0, 0.05) is 10.9 Å². The predicted octanol–water partition coefficient (Wildman–Crippen LogP) is 4.57. The molecule has 0 atom stereocenters. The van der Waals surface area contributed by atoms with Crippen LogP contribution in [0.2, 0.25) is 15.1 Å². The monoisotopic (exact) mass is 262 g/mol. The van der Waals surface area contributed by atoms with Crippen LogP contribution in [-0.4, -0.2) is 4.98 Å². The van der Waals surface area contributed by atoms with Crippen molar-refractivity contribution in [2.75, 3.05) is 0 Å². The summed E-state index contributed by atoms with van der Waals surface area (Å²) in [5.74, 6) is 0. The van der Waals surface area contributed by atoms with Gasteiger partial charge in [-0.15, -0.1) is 11.3 Å². The van der Waals surface area contributed by atoms with Crippen LogP contribution in [0.1, 0.15) is 0 Å². The SMILES string of the molecule is Clc1ccc(-c2cs[c]n2)c(Cl)c1Cl. The molecule has 0 aliphatic rings. The molecule has 0 saturated heterocycles. The van der Waals surface area contributed by atoms with E-state index in [2.05, 4.69) is 10.5 Å². The Kier molecular flexibility index (Phi) is 2.98. The second kappa shape index (κ2) is 4.07. The number of hydrogen-bond acceptors (Lipinski definition) is 2. The Labute approximate surface area is 100 Å². The summed E-state index contributed by atoms with van der Waals surface area (Å²) in [5, 5.41) is 3.09. The van der Waals surface area contributed by atoms with Gasteiger partial charge in [0.25, 0.3) is 0 Å². The van der Waals surface area contributed by atoms with Gasteiger partial charge in [0.15, 0.2) is 5.51 Å². The van der Waals surface area contributed by atoms with Crippen molar-refractivity contribution in [3.05, 3.63) is 38.1 Å². The van der Waals surface area contributed by atoms with Crippen molar-refractivity contribution in [1.82, 2.24) is 4.98 Å². The molecule has 0 spiro atoms. The van der Waals surface area contributed by atoms with Crippen LogP contribution in [0, 0.1) is 5.51 Å². The van der Waals surface area contributed by atoms with Gasteiger partial charge >= 0.3 is 0 Å². The van der Waals surface area contributed by atoms with Gasteiger partial charge in [-0.2, -0.15) is 0 Å². The van der Waals surface area contributed by atoms with E-state index in [1.54, 1.807) is 12.1 Å². The lowest BCUT2D eigenvalue weighted by atomic mass is 10.2. The van der Waals surface area contributed by atoms with Crippen LogP contribution in [0.5, 0.6) is 0 Å². The molecule has 1 aromatic carbocycles. The summed E-state index contributed by atoms with van der Waals surface area (Å²) in [4.78, 5) is 4.03. The molecule has 5 heteroatoms. The van der Waals surface area contributed by atoms with Gasteiger partial charge in [0.1, 0.15) is 0 Å². The Morgan fingerprint density at radius 1 is 1.14 bits per heavy atom. The number of halogens is 3. The fourth-order valence-electron chi connectivity index (χ4n) is 1.03. The summed E-state index contributed by atoms with van der Waals surface area (Å²) < 4.78 is 0. The van der Waals surface area contributed by atoms with E-state index in [4.69, 9.17) is 34.8 Å². The molecule has 2 rings (SSSR count). The molecule has 0 N–H and O–H groups in total. The van der Waals surface area contributed by atoms with E-state index in [1.807, 2.05) is 5.38 Å². The normalized spacial score (nSPS) is 10.5. The van der Waals surface area contributed by atoms with Gasteiger partial charge in [-0.05, 0) is 12.1 Å². The van der Waals surface area contributed by atoms with E-state index in [1.165, 1.54) is 11.3 Å². The Bertz CT molecular complexity index is 453. The molecule has 1 radical (unpaired) electrons. The highest BCUT2D eigenvalue weighted by Gasteiger charge is 2.11. The Balaban J connectivity index is 2.61. The van der Waals surface area contributed by atoms with Gasteiger partial charge in [-0.25, -0.2) is 4.98 Å². The van der Waals surface area contributed by atoms with Crippen LogP contribution in [0.4, 0.5) is 0 Å². The Hall–Kier alpha value is -0.280. The molecule has 1 nitrogen and oxygen atoms in total. The Morgan fingerprint density at radius 3 is 2.57 bits per heavy atom. The Morgan fingerprint density at radius 2 is 1.93 bits per heavy atom. The smallest absolute Gasteiger partial charge is 0.152 e. The molecule has 14 heavy (non-hydrogen) atoms. The van der Waals surface area contributed by atoms with Gasteiger partial charge in [-0.1, -0.05) is 34.8 Å². The summed E-state index contributed by atoms with van der Waals surface area (Å²) in [6.45, 7) is 0. The highest BCUT2D eigenvalue weighted by atomic mass is 35.5. The molecule has 1 aromatic heterocycles. The fraction of sp³-hybridized carbons (Fsp3) is 0. The molecule has 0 unspecified atom stereocenters. The van der Waals surface area contributed by atoms with E-state index >= 15 is 0 Å². The summed E-state index contributed by atoms with van der Waals surface area (Å²) >= 11 is 19.1. The van der Waals surface area contributed by atoms with Crippen LogP contribution in [0.15, 0.2) is 17.5 Å². The average molecular weight is 264 g/mol. The largest absolute Gasteiger partial charge is 0.233 e. The maximum absolute atomic E-state index is 6.02. The van der Waals surface area contributed by atoms with Gasteiger partial charge in [0.2, 0.25) is 0 Å². The fourth-order valence-corrected chi connectivity index (χ4v) is 2.16. The van der Waals surface area contributed by atoms with E-state index in [9.17, 15) is 0 Å². The second-order valence-corrected chi connectivity index (χ2v) is 4.36. The standard InChI is InChI=1S/C9H3Cl3NS/c10-6-2-1-5(8(11)9(6)12)7-3-14-4-13-7/h1-3H. The molecule has 71 valence electrons. The van der Waals surface area contributed by atoms with E-state index in [0.717, 1.165) is 11.3 Å². The third-order valence-electron chi connectivity index (χ3n) is 1.70. The van der Waals surface area contributed by atoms with Crippen molar-refractivity contribution in [1.29, 1.82) is 0 Å². The van der Waals surface area contributed by atoms with Crippen molar-refractivity contribution in [3.63, 3.8) is 0 Å². The molecule has 0 aliphatic carbocycles. The third-order valence-corrected chi connectivity index (χ3v) is 3.53. The topological polar surface area (TPSA) is 12.9 Å². The van der Waals surface area contributed by atoms with Crippen LogP contribution < -0.4 is 0 Å². The van der Waals surface area contributed by atoms with Gasteiger partial charge in [0.05, 0.1) is 20.8 Å². The molecule has 1 heterocycles. The van der Waals surface area contributed by atoms with Crippen LogP contribution in [0.25, 0.3) is 11.3 Å². The minimum absolute atomic E-state index is 0.360. The molecule has 0 bridgehead atoms. The van der Waals surface area contributed by atoms with Crippen molar-refractivity contribution in [2.45, 2.75) is 0 Å². The van der Waals surface area contributed by atoms with Crippen molar-refractivity contribution in [2.24, 2.45) is 0 Å². The first kappa shape index (κ1) is 10.2. The number of rotatable bonds is 1. The molecular formula is C9H3Cl3NS. The number of nitrogens with zero attached hydrogens (tertiary/aromatic N) is 1. The zero-order valence-corrected chi connectivity index (χ0v) is 9.81. The zero-order valence-electron chi connectivity index (χ0n) is 6.72. The first-order valence-electron chi connectivity index (χ1n) is 3.65. The van der Waals surface area contributed by atoms with E-state index < -0.39 is 0 Å². The molecule has 2 aromatic rings. The molecule has 0 aliphatic heterocycles. The first-order valence-corrected chi connectivity index (χ1v) is 5.67. The number of thiazole rings is 1. The molecule has 0 amide bonds. The average Bonchev–Trinajstić information content (AvgIpc) is 2.67. The zero-order chi connectivity index (χ0) is 10.1. The van der Waals surface area contributed by atoms with Crippen molar-refractivity contribution >= 4 is 46.1 Å². The molecular weight excluding hydrogens is 261 g/mol. The summed E-state index contributed by atoms with van der Waals surface area (Å²) in [7, 11) is 0. The minimum atomic E-state index is 0.360.